The highest BCUT2D eigenvalue weighted by molar-refractivity contribution is 5.91. The summed E-state index contributed by atoms with van der Waals surface area (Å²) in [7, 11) is 1.26. The molecule has 2 aromatic rings. The first-order valence-corrected chi connectivity index (χ1v) is 5.91. The van der Waals surface area contributed by atoms with Crippen LogP contribution >= 0.6 is 0 Å². The van der Waals surface area contributed by atoms with Crippen LogP contribution in [0, 0.1) is 12.7 Å². The van der Waals surface area contributed by atoms with Gasteiger partial charge in [0.2, 0.25) is 0 Å². The van der Waals surface area contributed by atoms with Crippen molar-refractivity contribution in [1.82, 2.24) is 5.16 Å². The zero-order valence-electron chi connectivity index (χ0n) is 11.0. The number of nitrogens with zero attached hydrogens (tertiary/aromatic N) is 1. The second-order valence-electron chi connectivity index (χ2n) is 4.14. The first kappa shape index (κ1) is 13.3. The lowest BCUT2D eigenvalue weighted by Crippen LogP contribution is -2.02. The van der Waals surface area contributed by atoms with Crippen molar-refractivity contribution in [3.05, 3.63) is 41.0 Å². The molecule has 5 heteroatoms. The van der Waals surface area contributed by atoms with Gasteiger partial charge < -0.3 is 9.26 Å². The quantitative estimate of drug-likeness (QED) is 0.798. The van der Waals surface area contributed by atoms with Crippen LogP contribution in [-0.2, 0) is 11.2 Å². The van der Waals surface area contributed by atoms with Crippen molar-refractivity contribution in [3.8, 4) is 11.1 Å². The lowest BCUT2D eigenvalue weighted by molar-refractivity contribution is 0.0600. The highest BCUT2D eigenvalue weighted by Crippen LogP contribution is 2.29. The minimum Gasteiger partial charge on any atom is -0.465 e. The maximum absolute atomic E-state index is 13.6. The van der Waals surface area contributed by atoms with E-state index in [0.717, 1.165) is 11.6 Å². The molecule has 2 rings (SSSR count). The fraction of sp³-hybridized carbons (Fsp3) is 0.286. The number of rotatable bonds is 3. The summed E-state index contributed by atoms with van der Waals surface area (Å²) in [6.07, 6.45) is 0.639. The molecule has 19 heavy (non-hydrogen) atoms. The van der Waals surface area contributed by atoms with E-state index in [1.807, 2.05) is 6.92 Å². The van der Waals surface area contributed by atoms with Crippen molar-refractivity contribution < 1.29 is 18.4 Å². The average molecular weight is 263 g/mol. The van der Waals surface area contributed by atoms with Gasteiger partial charge >= 0.3 is 5.97 Å². The van der Waals surface area contributed by atoms with Crippen LogP contribution in [-0.4, -0.2) is 18.2 Å². The van der Waals surface area contributed by atoms with Crippen molar-refractivity contribution in [2.75, 3.05) is 7.11 Å². The molecule has 0 spiro atoms. The first-order chi connectivity index (χ1) is 9.06. The largest absolute Gasteiger partial charge is 0.465 e. The van der Waals surface area contributed by atoms with Crippen LogP contribution < -0.4 is 0 Å². The lowest BCUT2D eigenvalue weighted by atomic mass is 10.0. The number of esters is 1. The van der Waals surface area contributed by atoms with E-state index in [9.17, 15) is 9.18 Å². The highest BCUT2D eigenvalue weighted by atomic mass is 19.1. The Hall–Kier alpha value is -2.17. The topological polar surface area (TPSA) is 52.3 Å². The minimum atomic E-state index is -0.576. The summed E-state index contributed by atoms with van der Waals surface area (Å²) in [5.41, 5.74) is 2.13. The van der Waals surface area contributed by atoms with Gasteiger partial charge in [0.25, 0.3) is 0 Å². The molecule has 1 heterocycles. The van der Waals surface area contributed by atoms with Crippen LogP contribution in [0.1, 0.15) is 28.7 Å². The van der Waals surface area contributed by atoms with Gasteiger partial charge in [0, 0.05) is 12.0 Å². The SMILES string of the molecule is CCc1onc(C)c1-c1cc(F)cc(C(=O)OC)c1. The predicted octanol–water partition coefficient (Wildman–Crippen LogP) is 3.14. The van der Waals surface area contributed by atoms with E-state index in [0.29, 0.717) is 23.4 Å². The van der Waals surface area contributed by atoms with E-state index in [1.54, 1.807) is 13.0 Å². The zero-order valence-corrected chi connectivity index (χ0v) is 11.0. The van der Waals surface area contributed by atoms with Gasteiger partial charge in [-0.3, -0.25) is 0 Å². The molecule has 1 aromatic carbocycles. The Balaban J connectivity index is 2.59. The van der Waals surface area contributed by atoms with E-state index < -0.39 is 11.8 Å². The minimum absolute atomic E-state index is 0.167. The molecule has 0 radical (unpaired) electrons. The first-order valence-electron chi connectivity index (χ1n) is 5.91. The Morgan fingerprint density at radius 3 is 2.79 bits per heavy atom. The predicted molar refractivity (Wildman–Crippen MR) is 67.4 cm³/mol. The van der Waals surface area contributed by atoms with E-state index in [-0.39, 0.29) is 5.56 Å². The van der Waals surface area contributed by atoms with Gasteiger partial charge in [-0.15, -0.1) is 0 Å². The standard InChI is InChI=1S/C14H14FNO3/c1-4-12-13(8(2)16-19-12)9-5-10(14(17)18-3)7-11(15)6-9/h5-7H,4H2,1-3H3. The molecule has 0 fully saturated rings. The molecule has 0 saturated heterocycles. The monoisotopic (exact) mass is 263 g/mol. The van der Waals surface area contributed by atoms with Gasteiger partial charge in [0.15, 0.2) is 0 Å². The van der Waals surface area contributed by atoms with Crippen molar-refractivity contribution in [1.29, 1.82) is 0 Å². The van der Waals surface area contributed by atoms with Crippen LogP contribution in [0.25, 0.3) is 11.1 Å². The summed E-state index contributed by atoms with van der Waals surface area (Å²) in [6, 6.07) is 4.07. The Kier molecular flexibility index (Phi) is 3.64. The van der Waals surface area contributed by atoms with E-state index in [2.05, 4.69) is 9.89 Å². The third-order valence-electron chi connectivity index (χ3n) is 2.86. The van der Waals surface area contributed by atoms with Crippen LogP contribution in [0.15, 0.2) is 22.7 Å². The Labute approximate surface area is 110 Å². The Bertz CT molecular complexity index is 619. The summed E-state index contributed by atoms with van der Waals surface area (Å²) < 4.78 is 23.4. The smallest absolute Gasteiger partial charge is 0.337 e. The molecule has 100 valence electrons. The third kappa shape index (κ3) is 2.50. The van der Waals surface area contributed by atoms with Gasteiger partial charge in [-0.05, 0) is 30.7 Å². The Morgan fingerprint density at radius 2 is 2.16 bits per heavy atom. The highest BCUT2D eigenvalue weighted by Gasteiger charge is 2.17. The van der Waals surface area contributed by atoms with Crippen molar-refractivity contribution in [2.45, 2.75) is 20.3 Å². The molecular formula is C14H14FNO3. The van der Waals surface area contributed by atoms with E-state index >= 15 is 0 Å². The number of hydrogen-bond acceptors (Lipinski definition) is 4. The summed E-state index contributed by atoms with van der Waals surface area (Å²) in [5, 5.41) is 3.87. The normalized spacial score (nSPS) is 10.5. The number of methoxy groups -OCH3 is 1. The van der Waals surface area contributed by atoms with Gasteiger partial charge in [0.05, 0.1) is 18.4 Å². The Morgan fingerprint density at radius 1 is 1.42 bits per heavy atom. The lowest BCUT2D eigenvalue weighted by Gasteiger charge is -2.05. The molecule has 4 nitrogen and oxygen atoms in total. The van der Waals surface area contributed by atoms with Gasteiger partial charge in [0.1, 0.15) is 11.6 Å². The molecule has 0 N–H and O–H groups in total. The number of carbonyl (C=O) groups is 1. The van der Waals surface area contributed by atoms with Crippen molar-refractivity contribution in [2.24, 2.45) is 0 Å². The molecule has 0 aliphatic heterocycles. The van der Waals surface area contributed by atoms with Gasteiger partial charge in [-0.25, -0.2) is 9.18 Å². The molecule has 0 aliphatic carbocycles. The number of ether oxygens (including phenoxy) is 1. The maximum Gasteiger partial charge on any atom is 0.337 e. The number of hydrogen-bond donors (Lipinski definition) is 0. The number of carbonyl (C=O) groups excluding carboxylic acids is 1. The maximum atomic E-state index is 13.6. The third-order valence-corrected chi connectivity index (χ3v) is 2.86. The van der Waals surface area contributed by atoms with Gasteiger partial charge in [-0.1, -0.05) is 12.1 Å². The van der Waals surface area contributed by atoms with Crippen LogP contribution in [0.2, 0.25) is 0 Å². The van der Waals surface area contributed by atoms with Crippen LogP contribution in [0.5, 0.6) is 0 Å². The second kappa shape index (κ2) is 5.22. The summed E-state index contributed by atoms with van der Waals surface area (Å²) in [5.74, 6) is -0.410. The fourth-order valence-electron chi connectivity index (χ4n) is 2.00. The molecular weight excluding hydrogens is 249 g/mol. The molecule has 0 bridgehead atoms. The van der Waals surface area contributed by atoms with Gasteiger partial charge in [-0.2, -0.15) is 0 Å². The van der Waals surface area contributed by atoms with Crippen LogP contribution in [0.3, 0.4) is 0 Å². The molecule has 0 aliphatic rings. The number of aromatic nitrogens is 1. The molecule has 1 aromatic heterocycles. The summed E-state index contributed by atoms with van der Waals surface area (Å²) in [4.78, 5) is 11.5. The zero-order chi connectivity index (χ0) is 14.0. The molecule has 0 unspecified atom stereocenters. The van der Waals surface area contributed by atoms with Crippen LogP contribution in [0.4, 0.5) is 4.39 Å². The number of benzene rings is 1. The number of halogens is 1. The summed E-state index contributed by atoms with van der Waals surface area (Å²) >= 11 is 0. The molecule has 0 amide bonds. The summed E-state index contributed by atoms with van der Waals surface area (Å²) in [6.45, 7) is 3.70. The molecule has 0 atom stereocenters. The average Bonchev–Trinajstić information content (AvgIpc) is 2.78. The van der Waals surface area contributed by atoms with E-state index in [1.165, 1.54) is 13.2 Å². The fourth-order valence-corrected chi connectivity index (χ4v) is 2.00. The second-order valence-corrected chi connectivity index (χ2v) is 4.14. The van der Waals surface area contributed by atoms with Crippen molar-refractivity contribution in [3.63, 3.8) is 0 Å². The number of aryl methyl sites for hydroxylation is 2. The van der Waals surface area contributed by atoms with E-state index in [4.69, 9.17) is 4.52 Å². The molecule has 0 saturated carbocycles. The van der Waals surface area contributed by atoms with Crippen molar-refractivity contribution >= 4 is 5.97 Å².